The molecule has 1 aromatic heterocycles. The molecule has 0 saturated heterocycles. The maximum absolute atomic E-state index is 5.63. The number of ether oxygens (including phenoxy) is 1. The Hall–Kier alpha value is -1.63. The van der Waals surface area contributed by atoms with Crippen molar-refractivity contribution in [3.8, 4) is 0 Å². The third-order valence-corrected chi connectivity index (χ3v) is 3.54. The van der Waals surface area contributed by atoms with Crippen molar-refractivity contribution in [2.24, 2.45) is 10.9 Å². The number of aromatic nitrogens is 2. The molecule has 1 aliphatic rings. The molecule has 0 unspecified atom stereocenters. The van der Waals surface area contributed by atoms with Gasteiger partial charge in [0, 0.05) is 39.3 Å². The van der Waals surface area contributed by atoms with Crippen LogP contribution in [0.15, 0.2) is 9.52 Å². The normalized spacial score (nSPS) is 15.0. The molecule has 1 fully saturated rings. The molecule has 130 valence electrons. The Bertz CT molecular complexity index is 471. The van der Waals surface area contributed by atoms with Crippen LogP contribution >= 0.6 is 0 Å². The summed E-state index contributed by atoms with van der Waals surface area (Å²) in [6.07, 6.45) is 5.34. The van der Waals surface area contributed by atoms with Gasteiger partial charge in [-0.1, -0.05) is 5.16 Å². The van der Waals surface area contributed by atoms with E-state index in [9.17, 15) is 0 Å². The van der Waals surface area contributed by atoms with Crippen molar-refractivity contribution >= 4 is 5.96 Å². The summed E-state index contributed by atoms with van der Waals surface area (Å²) < 4.78 is 10.7. The maximum atomic E-state index is 5.63. The standard InChI is InChI=1S/C16H29N5O2/c1-3-17-16(19-10-5-11-22-12-14-7-8-14)18-9-4-6-15-20-13(2)21-23-15/h14H,3-12H2,1-2H3,(H2,17,18,19). The summed E-state index contributed by atoms with van der Waals surface area (Å²) in [5, 5.41) is 10.4. The zero-order valence-corrected chi connectivity index (χ0v) is 14.3. The molecule has 1 heterocycles. The van der Waals surface area contributed by atoms with Crippen LogP contribution in [-0.4, -0.2) is 48.9 Å². The Morgan fingerprint density at radius 1 is 1.35 bits per heavy atom. The maximum Gasteiger partial charge on any atom is 0.226 e. The lowest BCUT2D eigenvalue weighted by molar-refractivity contribution is 0.123. The van der Waals surface area contributed by atoms with E-state index in [4.69, 9.17) is 9.26 Å². The van der Waals surface area contributed by atoms with Crippen LogP contribution in [-0.2, 0) is 11.2 Å². The zero-order chi connectivity index (χ0) is 16.3. The average Bonchev–Trinajstić information content (AvgIpc) is 3.27. The first kappa shape index (κ1) is 17.7. The van der Waals surface area contributed by atoms with Gasteiger partial charge in [0.1, 0.15) is 0 Å². The summed E-state index contributed by atoms with van der Waals surface area (Å²) in [7, 11) is 0. The summed E-state index contributed by atoms with van der Waals surface area (Å²) >= 11 is 0. The lowest BCUT2D eigenvalue weighted by atomic mass is 10.3. The van der Waals surface area contributed by atoms with Crippen LogP contribution in [0.2, 0.25) is 0 Å². The molecule has 2 rings (SSSR count). The Kier molecular flexibility index (Phi) is 7.86. The second-order valence-corrected chi connectivity index (χ2v) is 5.90. The van der Waals surface area contributed by atoms with E-state index in [1.54, 1.807) is 0 Å². The quantitative estimate of drug-likeness (QED) is 0.366. The number of aryl methyl sites for hydroxylation is 2. The van der Waals surface area contributed by atoms with Crippen LogP contribution in [0.5, 0.6) is 0 Å². The minimum absolute atomic E-state index is 0.683. The van der Waals surface area contributed by atoms with E-state index in [-0.39, 0.29) is 0 Å². The predicted molar refractivity (Wildman–Crippen MR) is 89.5 cm³/mol. The Morgan fingerprint density at radius 3 is 2.91 bits per heavy atom. The molecule has 7 heteroatoms. The first-order valence-electron chi connectivity index (χ1n) is 8.67. The number of rotatable bonds is 11. The van der Waals surface area contributed by atoms with E-state index in [1.165, 1.54) is 12.8 Å². The zero-order valence-electron chi connectivity index (χ0n) is 14.3. The summed E-state index contributed by atoms with van der Waals surface area (Å²) in [6.45, 7) is 8.10. The molecule has 0 aromatic carbocycles. The van der Waals surface area contributed by atoms with Gasteiger partial charge < -0.3 is 19.9 Å². The van der Waals surface area contributed by atoms with Gasteiger partial charge in [-0.05, 0) is 45.4 Å². The molecule has 1 aliphatic carbocycles. The lowest BCUT2D eigenvalue weighted by Gasteiger charge is -2.11. The molecule has 0 atom stereocenters. The average molecular weight is 323 g/mol. The molecule has 0 bridgehead atoms. The minimum Gasteiger partial charge on any atom is -0.381 e. The number of aliphatic imine (C=N–C) groups is 1. The summed E-state index contributed by atoms with van der Waals surface area (Å²) in [5.41, 5.74) is 0. The van der Waals surface area contributed by atoms with Gasteiger partial charge in [-0.25, -0.2) is 0 Å². The summed E-state index contributed by atoms with van der Waals surface area (Å²) in [5.74, 6) is 3.06. The van der Waals surface area contributed by atoms with Crippen molar-refractivity contribution in [2.45, 2.75) is 46.0 Å². The fraction of sp³-hybridized carbons (Fsp3) is 0.812. The minimum atomic E-state index is 0.683. The van der Waals surface area contributed by atoms with Crippen LogP contribution < -0.4 is 10.6 Å². The van der Waals surface area contributed by atoms with E-state index in [1.807, 2.05) is 6.92 Å². The number of nitrogens with one attached hydrogen (secondary N) is 2. The van der Waals surface area contributed by atoms with Crippen LogP contribution in [0, 0.1) is 12.8 Å². The predicted octanol–water partition coefficient (Wildman–Crippen LogP) is 1.68. The van der Waals surface area contributed by atoms with Crippen LogP contribution in [0.4, 0.5) is 0 Å². The van der Waals surface area contributed by atoms with Crippen molar-refractivity contribution in [1.82, 2.24) is 20.8 Å². The molecule has 1 aromatic rings. The second-order valence-electron chi connectivity index (χ2n) is 5.90. The van der Waals surface area contributed by atoms with Crippen molar-refractivity contribution in [3.05, 3.63) is 11.7 Å². The SMILES string of the molecule is CCNC(=NCCCc1nc(C)no1)NCCCOCC1CC1. The number of nitrogens with zero attached hydrogens (tertiary/aromatic N) is 3. The highest BCUT2D eigenvalue weighted by Gasteiger charge is 2.20. The molecule has 0 radical (unpaired) electrons. The molecule has 0 spiro atoms. The van der Waals surface area contributed by atoms with Gasteiger partial charge in [0.05, 0.1) is 0 Å². The molecule has 7 nitrogen and oxygen atoms in total. The highest BCUT2D eigenvalue weighted by atomic mass is 16.5. The third-order valence-electron chi connectivity index (χ3n) is 3.54. The molecule has 0 amide bonds. The first-order valence-corrected chi connectivity index (χ1v) is 8.67. The molecular formula is C16H29N5O2. The highest BCUT2D eigenvalue weighted by molar-refractivity contribution is 5.79. The fourth-order valence-corrected chi connectivity index (χ4v) is 2.12. The largest absolute Gasteiger partial charge is 0.381 e. The number of hydrogen-bond acceptors (Lipinski definition) is 5. The molecule has 2 N–H and O–H groups in total. The summed E-state index contributed by atoms with van der Waals surface area (Å²) in [4.78, 5) is 8.74. The molecule has 1 saturated carbocycles. The van der Waals surface area contributed by atoms with E-state index < -0.39 is 0 Å². The number of guanidine groups is 1. The monoisotopic (exact) mass is 323 g/mol. The topological polar surface area (TPSA) is 84.6 Å². The van der Waals surface area contributed by atoms with E-state index in [0.29, 0.717) is 11.7 Å². The van der Waals surface area contributed by atoms with Crippen molar-refractivity contribution in [2.75, 3.05) is 32.8 Å². The van der Waals surface area contributed by atoms with Gasteiger partial charge in [0.15, 0.2) is 11.8 Å². The van der Waals surface area contributed by atoms with Gasteiger partial charge in [-0.3, -0.25) is 4.99 Å². The molecule has 23 heavy (non-hydrogen) atoms. The Labute approximate surface area is 138 Å². The van der Waals surface area contributed by atoms with E-state index in [0.717, 1.165) is 64.0 Å². The van der Waals surface area contributed by atoms with Crippen LogP contribution in [0.25, 0.3) is 0 Å². The van der Waals surface area contributed by atoms with Gasteiger partial charge in [0.2, 0.25) is 5.89 Å². The fourth-order valence-electron chi connectivity index (χ4n) is 2.12. The number of hydrogen-bond donors (Lipinski definition) is 2. The van der Waals surface area contributed by atoms with Gasteiger partial charge in [-0.2, -0.15) is 4.98 Å². The van der Waals surface area contributed by atoms with Gasteiger partial charge >= 0.3 is 0 Å². The van der Waals surface area contributed by atoms with Crippen molar-refractivity contribution in [3.63, 3.8) is 0 Å². The van der Waals surface area contributed by atoms with Gasteiger partial charge in [0.25, 0.3) is 0 Å². The van der Waals surface area contributed by atoms with Crippen LogP contribution in [0.1, 0.15) is 44.3 Å². The Balaban J connectivity index is 1.55. The second kappa shape index (κ2) is 10.2. The highest BCUT2D eigenvalue weighted by Crippen LogP contribution is 2.28. The molecule has 0 aliphatic heterocycles. The van der Waals surface area contributed by atoms with Crippen LogP contribution in [0.3, 0.4) is 0 Å². The smallest absolute Gasteiger partial charge is 0.226 e. The lowest BCUT2D eigenvalue weighted by Crippen LogP contribution is -2.38. The van der Waals surface area contributed by atoms with Crippen molar-refractivity contribution < 1.29 is 9.26 Å². The first-order chi connectivity index (χ1) is 11.3. The van der Waals surface area contributed by atoms with E-state index in [2.05, 4.69) is 32.7 Å². The van der Waals surface area contributed by atoms with Crippen molar-refractivity contribution in [1.29, 1.82) is 0 Å². The molecular weight excluding hydrogens is 294 g/mol. The summed E-state index contributed by atoms with van der Waals surface area (Å²) in [6, 6.07) is 0. The third kappa shape index (κ3) is 7.97. The van der Waals surface area contributed by atoms with E-state index >= 15 is 0 Å². The Morgan fingerprint density at radius 2 is 2.22 bits per heavy atom. The van der Waals surface area contributed by atoms with Gasteiger partial charge in [-0.15, -0.1) is 0 Å².